The second kappa shape index (κ2) is 4.61. The van der Waals surface area contributed by atoms with Crippen molar-refractivity contribution in [3.63, 3.8) is 0 Å². The first-order chi connectivity index (χ1) is 7.66. The zero-order chi connectivity index (χ0) is 11.5. The van der Waals surface area contributed by atoms with E-state index in [2.05, 4.69) is 10.3 Å². The van der Waals surface area contributed by atoms with Gasteiger partial charge in [-0.05, 0) is 6.42 Å². The second-order valence-electron chi connectivity index (χ2n) is 3.81. The molecule has 0 saturated carbocycles. The molecule has 86 valence electrons. The van der Waals surface area contributed by atoms with E-state index in [1.54, 1.807) is 15.8 Å². The number of nitrogens with one attached hydrogen (secondary N) is 1. The average Bonchev–Trinajstić information content (AvgIpc) is 2.84. The Morgan fingerprint density at radius 2 is 2.44 bits per heavy atom. The van der Waals surface area contributed by atoms with E-state index in [-0.39, 0.29) is 17.9 Å². The highest BCUT2D eigenvalue weighted by atomic mass is 32.1. The molecule has 0 bridgehead atoms. The van der Waals surface area contributed by atoms with Crippen LogP contribution in [0.2, 0.25) is 0 Å². The Morgan fingerprint density at radius 3 is 3.06 bits per heavy atom. The summed E-state index contributed by atoms with van der Waals surface area (Å²) in [7, 11) is 0. The Hall–Kier alpha value is -1.43. The van der Waals surface area contributed by atoms with Crippen molar-refractivity contribution in [2.45, 2.75) is 19.4 Å². The Bertz CT molecular complexity index is 391. The van der Waals surface area contributed by atoms with Crippen molar-refractivity contribution in [2.24, 2.45) is 0 Å². The van der Waals surface area contributed by atoms with Gasteiger partial charge in [0, 0.05) is 31.4 Å². The normalized spacial score (nSPS) is 19.8. The van der Waals surface area contributed by atoms with Crippen molar-refractivity contribution < 1.29 is 9.59 Å². The molecule has 5 nitrogen and oxygen atoms in total. The van der Waals surface area contributed by atoms with Crippen molar-refractivity contribution in [2.75, 3.05) is 13.1 Å². The predicted molar refractivity (Wildman–Crippen MR) is 60.2 cm³/mol. The maximum Gasteiger partial charge on any atom is 0.273 e. The van der Waals surface area contributed by atoms with Crippen LogP contribution >= 0.6 is 11.3 Å². The molecule has 1 aliphatic heterocycles. The van der Waals surface area contributed by atoms with Gasteiger partial charge < -0.3 is 10.2 Å². The number of aromatic nitrogens is 1. The number of likely N-dealkylation sites (tertiary alicyclic amines) is 1. The number of carbonyl (C=O) groups is 2. The fourth-order valence-electron chi connectivity index (χ4n) is 1.83. The molecular weight excluding hydrogens is 226 g/mol. The highest BCUT2D eigenvalue weighted by molar-refractivity contribution is 7.07. The summed E-state index contributed by atoms with van der Waals surface area (Å²) >= 11 is 1.41. The summed E-state index contributed by atoms with van der Waals surface area (Å²) in [6.07, 6.45) is 0.815. The average molecular weight is 239 g/mol. The van der Waals surface area contributed by atoms with Crippen molar-refractivity contribution in [1.29, 1.82) is 0 Å². The van der Waals surface area contributed by atoms with E-state index in [1.807, 2.05) is 0 Å². The molecule has 1 fully saturated rings. The molecule has 0 aliphatic carbocycles. The lowest BCUT2D eigenvalue weighted by atomic mass is 10.2. The fraction of sp³-hybridized carbons (Fsp3) is 0.500. The highest BCUT2D eigenvalue weighted by Gasteiger charge is 2.27. The van der Waals surface area contributed by atoms with E-state index in [1.165, 1.54) is 18.3 Å². The molecule has 6 heteroatoms. The Balaban J connectivity index is 1.94. The first kappa shape index (κ1) is 11.1. The summed E-state index contributed by atoms with van der Waals surface area (Å²) in [5.74, 6) is -0.0953. The van der Waals surface area contributed by atoms with E-state index >= 15 is 0 Å². The number of thiazole rings is 1. The van der Waals surface area contributed by atoms with Gasteiger partial charge in [-0.2, -0.15) is 0 Å². The standard InChI is InChI=1S/C10H13N3O2S/c1-7(14)12-8-2-3-13(4-8)10(15)9-5-16-6-11-9/h5-6,8H,2-4H2,1H3,(H,12,14). The van der Waals surface area contributed by atoms with Crippen LogP contribution in [0.4, 0.5) is 0 Å². The topological polar surface area (TPSA) is 62.3 Å². The SMILES string of the molecule is CC(=O)NC1CCN(C(=O)c2cscn2)C1. The van der Waals surface area contributed by atoms with Crippen LogP contribution in [0, 0.1) is 0 Å². The molecule has 1 aromatic heterocycles. The van der Waals surface area contributed by atoms with Gasteiger partial charge in [0.25, 0.3) is 5.91 Å². The van der Waals surface area contributed by atoms with Gasteiger partial charge in [-0.1, -0.05) is 0 Å². The molecule has 2 amide bonds. The maximum atomic E-state index is 11.9. The molecule has 1 atom stereocenters. The quantitative estimate of drug-likeness (QED) is 0.817. The van der Waals surface area contributed by atoms with E-state index < -0.39 is 0 Å². The minimum atomic E-state index is -0.0482. The molecule has 1 aliphatic rings. The number of nitrogens with zero attached hydrogens (tertiary/aromatic N) is 2. The third-order valence-corrected chi connectivity index (χ3v) is 3.12. The molecule has 16 heavy (non-hydrogen) atoms. The Labute approximate surface area is 97.5 Å². The summed E-state index contributed by atoms with van der Waals surface area (Å²) in [6, 6.07) is 0.0834. The van der Waals surface area contributed by atoms with E-state index in [4.69, 9.17) is 0 Å². The van der Waals surface area contributed by atoms with Crippen molar-refractivity contribution in [1.82, 2.24) is 15.2 Å². The third kappa shape index (κ3) is 2.38. The summed E-state index contributed by atoms with van der Waals surface area (Å²) < 4.78 is 0. The van der Waals surface area contributed by atoms with Crippen LogP contribution in [0.3, 0.4) is 0 Å². The smallest absolute Gasteiger partial charge is 0.273 e. The van der Waals surface area contributed by atoms with Gasteiger partial charge in [-0.3, -0.25) is 9.59 Å². The van der Waals surface area contributed by atoms with Crippen LogP contribution in [0.25, 0.3) is 0 Å². The molecule has 2 rings (SSSR count). The molecule has 1 N–H and O–H groups in total. The largest absolute Gasteiger partial charge is 0.352 e. The lowest BCUT2D eigenvalue weighted by molar-refractivity contribution is -0.119. The number of rotatable bonds is 2. The maximum absolute atomic E-state index is 11.9. The van der Waals surface area contributed by atoms with Gasteiger partial charge in [0.15, 0.2) is 0 Å². The zero-order valence-electron chi connectivity index (χ0n) is 8.97. The summed E-state index contributed by atoms with van der Waals surface area (Å²) in [4.78, 5) is 28.5. The van der Waals surface area contributed by atoms with Crippen LogP contribution in [0.1, 0.15) is 23.8 Å². The molecule has 0 radical (unpaired) electrons. The first-order valence-electron chi connectivity index (χ1n) is 5.11. The number of amides is 2. The molecule has 0 aromatic carbocycles. The monoisotopic (exact) mass is 239 g/mol. The van der Waals surface area contributed by atoms with Gasteiger partial charge in [0.05, 0.1) is 5.51 Å². The molecule has 1 unspecified atom stereocenters. The molecule has 0 spiro atoms. The van der Waals surface area contributed by atoms with Gasteiger partial charge in [-0.15, -0.1) is 11.3 Å². The van der Waals surface area contributed by atoms with Crippen LogP contribution in [-0.2, 0) is 4.79 Å². The fourth-order valence-corrected chi connectivity index (χ4v) is 2.36. The van der Waals surface area contributed by atoms with Crippen LogP contribution in [0.5, 0.6) is 0 Å². The lowest BCUT2D eigenvalue weighted by Crippen LogP contribution is -2.37. The molecule has 1 saturated heterocycles. The molecule has 1 aromatic rings. The van der Waals surface area contributed by atoms with Crippen molar-refractivity contribution in [3.05, 3.63) is 16.6 Å². The van der Waals surface area contributed by atoms with Gasteiger partial charge in [-0.25, -0.2) is 4.98 Å². The first-order valence-corrected chi connectivity index (χ1v) is 6.05. The predicted octanol–water partition coefficient (Wildman–Crippen LogP) is 0.494. The number of carbonyl (C=O) groups excluding carboxylic acids is 2. The second-order valence-corrected chi connectivity index (χ2v) is 4.53. The Kier molecular flexibility index (Phi) is 3.19. The Morgan fingerprint density at radius 1 is 1.62 bits per heavy atom. The van der Waals surface area contributed by atoms with Gasteiger partial charge >= 0.3 is 0 Å². The van der Waals surface area contributed by atoms with Crippen molar-refractivity contribution in [3.8, 4) is 0 Å². The van der Waals surface area contributed by atoms with Crippen LogP contribution in [-0.4, -0.2) is 40.8 Å². The summed E-state index contributed by atoms with van der Waals surface area (Å²) in [6.45, 7) is 2.75. The zero-order valence-corrected chi connectivity index (χ0v) is 9.79. The van der Waals surface area contributed by atoms with Crippen LogP contribution < -0.4 is 5.32 Å². The highest BCUT2D eigenvalue weighted by Crippen LogP contribution is 2.13. The molecule has 2 heterocycles. The minimum absolute atomic E-state index is 0.0471. The van der Waals surface area contributed by atoms with Crippen LogP contribution in [0.15, 0.2) is 10.9 Å². The summed E-state index contributed by atoms with van der Waals surface area (Å²) in [5, 5.41) is 4.57. The minimum Gasteiger partial charge on any atom is -0.352 e. The van der Waals surface area contributed by atoms with Crippen molar-refractivity contribution >= 4 is 23.2 Å². The van der Waals surface area contributed by atoms with E-state index in [0.29, 0.717) is 18.8 Å². The van der Waals surface area contributed by atoms with E-state index in [0.717, 1.165) is 6.42 Å². The lowest BCUT2D eigenvalue weighted by Gasteiger charge is -2.15. The summed E-state index contributed by atoms with van der Waals surface area (Å²) in [5.41, 5.74) is 2.14. The third-order valence-electron chi connectivity index (χ3n) is 2.53. The molecular formula is C10H13N3O2S. The van der Waals surface area contributed by atoms with E-state index in [9.17, 15) is 9.59 Å². The number of hydrogen-bond donors (Lipinski definition) is 1. The van der Waals surface area contributed by atoms with Gasteiger partial charge in [0.2, 0.25) is 5.91 Å². The van der Waals surface area contributed by atoms with Gasteiger partial charge in [0.1, 0.15) is 5.69 Å². The number of hydrogen-bond acceptors (Lipinski definition) is 4.